The van der Waals surface area contributed by atoms with Gasteiger partial charge in [-0.1, -0.05) is 42.8 Å². The van der Waals surface area contributed by atoms with Gasteiger partial charge in [0, 0.05) is 22.5 Å². The Morgan fingerprint density at radius 3 is 2.68 bits per heavy atom. The van der Waals surface area contributed by atoms with Gasteiger partial charge in [-0.25, -0.2) is 0 Å². The molecule has 0 amide bonds. The van der Waals surface area contributed by atoms with Crippen molar-refractivity contribution in [2.24, 2.45) is 17.1 Å². The van der Waals surface area contributed by atoms with Gasteiger partial charge in [0.15, 0.2) is 0 Å². The normalized spacial score (nSPS) is 36.1. The maximum absolute atomic E-state index is 6.47. The lowest BCUT2D eigenvalue weighted by molar-refractivity contribution is 0.00177. The van der Waals surface area contributed by atoms with Crippen molar-refractivity contribution in [3.63, 3.8) is 0 Å². The first-order valence-corrected chi connectivity index (χ1v) is 7.85. The van der Waals surface area contributed by atoms with Crippen LogP contribution in [-0.2, 0) is 0 Å². The lowest BCUT2D eigenvalue weighted by Gasteiger charge is -2.42. The van der Waals surface area contributed by atoms with Crippen LogP contribution in [0.1, 0.15) is 51.6 Å². The molecule has 1 spiro atoms. The minimum Gasteiger partial charge on any atom is -0.487 e. The van der Waals surface area contributed by atoms with E-state index in [2.05, 4.69) is 48.8 Å². The minimum absolute atomic E-state index is 0.0727. The molecule has 1 heterocycles. The Morgan fingerprint density at radius 1 is 1.32 bits per heavy atom. The van der Waals surface area contributed by atoms with Crippen molar-refractivity contribution in [2.75, 3.05) is 0 Å². The zero-order valence-corrected chi connectivity index (χ0v) is 13.5. The first-order valence-electron chi connectivity index (χ1n) is 7.05. The molecule has 1 fully saturated rings. The Hall–Kier alpha value is -0.540. The van der Waals surface area contributed by atoms with Crippen LogP contribution < -0.4 is 10.5 Å². The fraction of sp³-hybridized carbons (Fsp3) is 0.625. The summed E-state index contributed by atoms with van der Waals surface area (Å²) in [6, 6.07) is 6.28. The van der Waals surface area contributed by atoms with Crippen LogP contribution in [0.5, 0.6) is 5.75 Å². The van der Waals surface area contributed by atoms with E-state index in [9.17, 15) is 0 Å². The molecule has 1 aromatic rings. The quantitative estimate of drug-likeness (QED) is 0.766. The molecule has 2 N–H and O–H groups in total. The molecule has 1 aliphatic heterocycles. The minimum atomic E-state index is -0.0727. The number of benzene rings is 1. The largest absolute Gasteiger partial charge is 0.487 e. The summed E-state index contributed by atoms with van der Waals surface area (Å²) in [6.45, 7) is 6.98. The van der Waals surface area contributed by atoms with Crippen LogP contribution in [0.25, 0.3) is 0 Å². The van der Waals surface area contributed by atoms with Gasteiger partial charge in [-0.2, -0.15) is 0 Å². The summed E-state index contributed by atoms with van der Waals surface area (Å²) < 4.78 is 7.53. The molecule has 3 atom stereocenters. The Morgan fingerprint density at radius 2 is 2.05 bits per heavy atom. The number of halogens is 1. The molecule has 3 heteroatoms. The van der Waals surface area contributed by atoms with Crippen LogP contribution in [-0.4, -0.2) is 5.60 Å². The van der Waals surface area contributed by atoms with Crippen molar-refractivity contribution in [3.05, 3.63) is 28.2 Å². The molecule has 1 aliphatic carbocycles. The van der Waals surface area contributed by atoms with Crippen molar-refractivity contribution in [1.29, 1.82) is 0 Å². The molecule has 104 valence electrons. The second-order valence-electron chi connectivity index (χ2n) is 7.11. The highest BCUT2D eigenvalue weighted by atomic mass is 79.9. The molecule has 0 radical (unpaired) electrons. The number of ether oxygens (including phenoxy) is 1. The van der Waals surface area contributed by atoms with E-state index >= 15 is 0 Å². The average Bonchev–Trinajstić information content (AvgIpc) is 2.46. The van der Waals surface area contributed by atoms with Crippen LogP contribution >= 0.6 is 15.9 Å². The van der Waals surface area contributed by atoms with Crippen LogP contribution in [0, 0.1) is 11.3 Å². The highest BCUT2D eigenvalue weighted by molar-refractivity contribution is 9.10. The SMILES string of the molecule is CC1CC(C)(C)CC12CC(N)c1ccc(Br)cc1O2. The van der Waals surface area contributed by atoms with Crippen LogP contribution in [0.4, 0.5) is 0 Å². The van der Waals surface area contributed by atoms with Crippen molar-refractivity contribution in [1.82, 2.24) is 0 Å². The van der Waals surface area contributed by atoms with Gasteiger partial charge in [0.25, 0.3) is 0 Å². The van der Waals surface area contributed by atoms with Gasteiger partial charge < -0.3 is 10.5 Å². The predicted molar refractivity (Wildman–Crippen MR) is 81.2 cm³/mol. The van der Waals surface area contributed by atoms with Gasteiger partial charge in [-0.05, 0) is 36.3 Å². The first kappa shape index (κ1) is 13.4. The molecule has 0 aromatic heterocycles. The van der Waals surface area contributed by atoms with Crippen LogP contribution in [0.15, 0.2) is 22.7 Å². The Bertz CT molecular complexity index is 513. The molecule has 1 aromatic carbocycles. The molecule has 19 heavy (non-hydrogen) atoms. The number of fused-ring (bicyclic) bond motifs is 1. The third-order valence-corrected chi connectivity index (χ3v) is 5.28. The van der Waals surface area contributed by atoms with Crippen molar-refractivity contribution in [3.8, 4) is 5.75 Å². The van der Waals surface area contributed by atoms with Crippen molar-refractivity contribution >= 4 is 15.9 Å². The van der Waals surface area contributed by atoms with E-state index in [0.29, 0.717) is 11.3 Å². The van der Waals surface area contributed by atoms with Gasteiger partial charge in [0.1, 0.15) is 11.4 Å². The maximum atomic E-state index is 6.47. The summed E-state index contributed by atoms with van der Waals surface area (Å²) in [5.74, 6) is 1.53. The van der Waals surface area contributed by atoms with Gasteiger partial charge in [0.05, 0.1) is 0 Å². The first-order chi connectivity index (χ1) is 8.81. The fourth-order valence-electron chi connectivity index (χ4n) is 4.13. The molecule has 1 saturated carbocycles. The average molecular weight is 324 g/mol. The third kappa shape index (κ3) is 2.21. The molecular formula is C16H22BrNO. The van der Waals surface area contributed by atoms with Gasteiger partial charge in [-0.15, -0.1) is 0 Å². The summed E-state index contributed by atoms with van der Waals surface area (Å²) in [5, 5.41) is 0. The zero-order chi connectivity index (χ0) is 13.8. The third-order valence-electron chi connectivity index (χ3n) is 4.79. The van der Waals surface area contributed by atoms with Crippen molar-refractivity contribution < 1.29 is 4.74 Å². The van der Waals surface area contributed by atoms with E-state index in [4.69, 9.17) is 10.5 Å². The lowest BCUT2D eigenvalue weighted by Crippen LogP contribution is -2.45. The lowest BCUT2D eigenvalue weighted by atomic mass is 9.80. The van der Waals surface area contributed by atoms with E-state index < -0.39 is 0 Å². The highest BCUT2D eigenvalue weighted by Crippen LogP contribution is 2.55. The standard InChI is InChI=1S/C16H22BrNO/c1-10-7-15(2,3)9-16(10)8-13(18)12-5-4-11(17)6-14(12)19-16/h4-6,10,13H,7-9,18H2,1-3H3. The predicted octanol–water partition coefficient (Wildman–Crippen LogP) is 4.43. The molecule has 2 nitrogen and oxygen atoms in total. The fourth-order valence-corrected chi connectivity index (χ4v) is 4.47. The molecule has 0 bridgehead atoms. The summed E-state index contributed by atoms with van der Waals surface area (Å²) in [4.78, 5) is 0. The maximum Gasteiger partial charge on any atom is 0.126 e. The Kier molecular flexibility index (Phi) is 2.99. The van der Waals surface area contributed by atoms with E-state index in [1.165, 1.54) is 6.42 Å². The molecule has 2 aliphatic rings. The van der Waals surface area contributed by atoms with E-state index in [1.807, 2.05) is 6.07 Å². The molecule has 3 unspecified atom stereocenters. The summed E-state index contributed by atoms with van der Waals surface area (Å²) >= 11 is 3.52. The Labute approximate surface area is 123 Å². The zero-order valence-electron chi connectivity index (χ0n) is 11.9. The van der Waals surface area contributed by atoms with E-state index in [1.54, 1.807) is 0 Å². The van der Waals surface area contributed by atoms with Crippen LogP contribution in [0.2, 0.25) is 0 Å². The summed E-state index contributed by atoms with van der Waals surface area (Å²) in [7, 11) is 0. The van der Waals surface area contributed by atoms with Gasteiger partial charge >= 0.3 is 0 Å². The summed E-state index contributed by atoms with van der Waals surface area (Å²) in [6.07, 6.45) is 3.25. The van der Waals surface area contributed by atoms with Gasteiger partial charge in [0.2, 0.25) is 0 Å². The monoisotopic (exact) mass is 323 g/mol. The summed E-state index contributed by atoms with van der Waals surface area (Å²) in [5.41, 5.74) is 7.83. The van der Waals surface area contributed by atoms with Crippen LogP contribution in [0.3, 0.4) is 0 Å². The second kappa shape index (κ2) is 4.23. The topological polar surface area (TPSA) is 35.2 Å². The molecule has 0 saturated heterocycles. The Balaban J connectivity index is 2.01. The number of nitrogens with two attached hydrogens (primary N) is 1. The van der Waals surface area contributed by atoms with Crippen molar-refractivity contribution in [2.45, 2.75) is 51.7 Å². The second-order valence-corrected chi connectivity index (χ2v) is 8.02. The smallest absolute Gasteiger partial charge is 0.126 e. The number of hydrogen-bond acceptors (Lipinski definition) is 2. The van der Waals surface area contributed by atoms with E-state index in [0.717, 1.165) is 28.6 Å². The molecular weight excluding hydrogens is 302 g/mol. The number of rotatable bonds is 0. The van der Waals surface area contributed by atoms with Gasteiger partial charge in [-0.3, -0.25) is 0 Å². The van der Waals surface area contributed by atoms with E-state index in [-0.39, 0.29) is 11.6 Å². The number of hydrogen-bond donors (Lipinski definition) is 1. The molecule has 3 rings (SSSR count). The highest BCUT2D eigenvalue weighted by Gasteiger charge is 2.53.